The molecule has 0 saturated heterocycles. The molecule has 3 rings (SSSR count). The lowest BCUT2D eigenvalue weighted by molar-refractivity contribution is 0.102. The molecule has 2 heterocycles. The third-order valence-electron chi connectivity index (χ3n) is 3.87. The number of nitrogens with one attached hydrogen (secondary N) is 1. The lowest BCUT2D eigenvalue weighted by atomic mass is 10.1. The molecule has 1 amide bonds. The van der Waals surface area contributed by atoms with Crippen LogP contribution in [0.2, 0.25) is 0 Å². The van der Waals surface area contributed by atoms with E-state index in [1.54, 1.807) is 48.2 Å². The summed E-state index contributed by atoms with van der Waals surface area (Å²) in [6.07, 6.45) is 1.67. The van der Waals surface area contributed by atoms with Crippen molar-refractivity contribution in [1.29, 1.82) is 0 Å². The van der Waals surface area contributed by atoms with Gasteiger partial charge in [-0.1, -0.05) is 13.8 Å². The van der Waals surface area contributed by atoms with Crippen LogP contribution in [0.5, 0.6) is 11.5 Å². The Labute approximate surface area is 145 Å². The fraction of sp³-hybridized carbons (Fsp3) is 0.278. The van der Waals surface area contributed by atoms with Crippen LogP contribution in [0.15, 0.2) is 36.5 Å². The quantitative estimate of drug-likeness (QED) is 0.772. The molecule has 0 aliphatic carbocycles. The smallest absolute Gasteiger partial charge is 0.274 e. The monoisotopic (exact) mass is 340 g/mol. The van der Waals surface area contributed by atoms with E-state index < -0.39 is 0 Å². The highest BCUT2D eigenvalue weighted by atomic mass is 16.5. The topological polar surface area (TPSA) is 77.8 Å². The molecule has 1 aromatic carbocycles. The van der Waals surface area contributed by atoms with E-state index in [4.69, 9.17) is 9.47 Å². The molecular weight excluding hydrogens is 320 g/mol. The van der Waals surface area contributed by atoms with Crippen LogP contribution in [0.4, 0.5) is 5.69 Å². The number of methoxy groups -OCH3 is 2. The van der Waals surface area contributed by atoms with Gasteiger partial charge < -0.3 is 14.8 Å². The number of carbonyl (C=O) groups is 1. The van der Waals surface area contributed by atoms with Crippen LogP contribution in [0.1, 0.15) is 35.9 Å². The minimum atomic E-state index is -0.311. The summed E-state index contributed by atoms with van der Waals surface area (Å²) in [4.78, 5) is 17.1. The number of ether oxygens (including phenoxy) is 2. The number of carbonyl (C=O) groups excluding carboxylic acids is 1. The highest BCUT2D eigenvalue weighted by Gasteiger charge is 2.16. The van der Waals surface area contributed by atoms with Crippen LogP contribution in [0.25, 0.3) is 5.65 Å². The maximum absolute atomic E-state index is 12.7. The number of hydrogen-bond acceptors (Lipinski definition) is 5. The summed E-state index contributed by atoms with van der Waals surface area (Å²) in [5.74, 6) is 1.06. The molecule has 0 aliphatic rings. The Morgan fingerprint density at radius 3 is 2.64 bits per heavy atom. The van der Waals surface area contributed by atoms with E-state index in [9.17, 15) is 4.79 Å². The van der Waals surface area contributed by atoms with Crippen LogP contribution < -0.4 is 14.8 Å². The molecule has 7 heteroatoms. The van der Waals surface area contributed by atoms with Crippen molar-refractivity contribution in [2.75, 3.05) is 19.5 Å². The van der Waals surface area contributed by atoms with Crippen molar-refractivity contribution >= 4 is 17.2 Å². The molecule has 0 atom stereocenters. The zero-order chi connectivity index (χ0) is 18.0. The highest BCUT2D eigenvalue weighted by molar-refractivity contribution is 6.04. The lowest BCUT2D eigenvalue weighted by Gasteiger charge is -2.13. The van der Waals surface area contributed by atoms with Gasteiger partial charge in [-0.15, -0.1) is 0 Å². The van der Waals surface area contributed by atoms with E-state index in [1.807, 2.05) is 13.8 Å². The van der Waals surface area contributed by atoms with E-state index in [2.05, 4.69) is 15.4 Å². The molecule has 130 valence electrons. The minimum Gasteiger partial charge on any atom is -0.497 e. The number of hydrogen-bond donors (Lipinski definition) is 1. The van der Waals surface area contributed by atoms with Crippen LogP contribution in [-0.2, 0) is 0 Å². The van der Waals surface area contributed by atoms with Gasteiger partial charge in [0.1, 0.15) is 17.2 Å². The first-order valence-corrected chi connectivity index (χ1v) is 7.91. The predicted molar refractivity (Wildman–Crippen MR) is 94.6 cm³/mol. The van der Waals surface area contributed by atoms with Gasteiger partial charge in [0.05, 0.1) is 26.1 Å². The van der Waals surface area contributed by atoms with Gasteiger partial charge in [0, 0.05) is 17.8 Å². The first-order valence-electron chi connectivity index (χ1n) is 7.91. The zero-order valence-corrected chi connectivity index (χ0v) is 14.6. The maximum Gasteiger partial charge on any atom is 0.274 e. The Balaban J connectivity index is 1.95. The molecule has 3 aromatic rings. The van der Waals surface area contributed by atoms with Crippen molar-refractivity contribution in [1.82, 2.24) is 14.6 Å². The highest BCUT2D eigenvalue weighted by Crippen LogP contribution is 2.29. The Morgan fingerprint density at radius 1 is 1.16 bits per heavy atom. The maximum atomic E-state index is 12.7. The Hall–Kier alpha value is -3.09. The number of amides is 1. The van der Waals surface area contributed by atoms with Gasteiger partial charge in [0.15, 0.2) is 5.65 Å². The van der Waals surface area contributed by atoms with E-state index in [1.165, 1.54) is 7.11 Å². The average molecular weight is 340 g/mol. The Kier molecular flexibility index (Phi) is 4.56. The van der Waals surface area contributed by atoms with E-state index in [0.717, 1.165) is 5.69 Å². The van der Waals surface area contributed by atoms with Crippen molar-refractivity contribution in [3.63, 3.8) is 0 Å². The standard InChI is InChI=1S/C18H20N4O3/c1-11(2)15-10-14(20-17-7-8-19-22(15)17)18(23)21-13-6-5-12(24-3)9-16(13)25-4/h5-11H,1-4H3,(H,21,23). The second-order valence-corrected chi connectivity index (χ2v) is 5.84. The van der Waals surface area contributed by atoms with Crippen LogP contribution in [0, 0.1) is 0 Å². The molecule has 0 spiro atoms. The lowest BCUT2D eigenvalue weighted by Crippen LogP contribution is -2.16. The number of fused-ring (bicyclic) bond motifs is 1. The van der Waals surface area contributed by atoms with Crippen molar-refractivity contribution in [2.24, 2.45) is 0 Å². The summed E-state index contributed by atoms with van der Waals surface area (Å²) in [7, 11) is 3.11. The second kappa shape index (κ2) is 6.80. The number of anilines is 1. The fourth-order valence-electron chi connectivity index (χ4n) is 2.55. The van der Waals surface area contributed by atoms with Gasteiger partial charge in [-0.25, -0.2) is 9.50 Å². The SMILES string of the molecule is COc1ccc(NC(=O)c2cc(C(C)C)n3nccc3n2)c(OC)c1. The predicted octanol–water partition coefficient (Wildman–Crippen LogP) is 3.12. The third-order valence-corrected chi connectivity index (χ3v) is 3.87. The van der Waals surface area contributed by atoms with Gasteiger partial charge in [-0.3, -0.25) is 4.79 Å². The molecule has 25 heavy (non-hydrogen) atoms. The van der Waals surface area contributed by atoms with E-state index in [-0.39, 0.29) is 11.8 Å². The molecule has 0 bridgehead atoms. The van der Waals surface area contributed by atoms with Crippen molar-refractivity contribution < 1.29 is 14.3 Å². The molecular formula is C18H20N4O3. The fourth-order valence-corrected chi connectivity index (χ4v) is 2.55. The third kappa shape index (κ3) is 3.26. The summed E-state index contributed by atoms with van der Waals surface area (Å²) in [5.41, 5.74) is 2.43. The minimum absolute atomic E-state index is 0.201. The number of rotatable bonds is 5. The second-order valence-electron chi connectivity index (χ2n) is 5.84. The molecule has 0 radical (unpaired) electrons. The summed E-state index contributed by atoms with van der Waals surface area (Å²) >= 11 is 0. The number of aromatic nitrogens is 3. The van der Waals surface area contributed by atoms with E-state index in [0.29, 0.717) is 28.5 Å². The summed E-state index contributed by atoms with van der Waals surface area (Å²) in [5, 5.41) is 7.10. The molecule has 0 aliphatic heterocycles. The van der Waals surface area contributed by atoms with Gasteiger partial charge in [-0.05, 0) is 24.1 Å². The Bertz CT molecular complexity index is 918. The molecule has 0 saturated carbocycles. The van der Waals surface area contributed by atoms with Crippen molar-refractivity contribution in [3.8, 4) is 11.5 Å². The number of benzene rings is 1. The van der Waals surface area contributed by atoms with Crippen LogP contribution in [-0.4, -0.2) is 34.7 Å². The van der Waals surface area contributed by atoms with Gasteiger partial charge >= 0.3 is 0 Å². The summed E-state index contributed by atoms with van der Waals surface area (Å²) < 4.78 is 12.2. The van der Waals surface area contributed by atoms with Gasteiger partial charge in [0.2, 0.25) is 0 Å². The van der Waals surface area contributed by atoms with E-state index >= 15 is 0 Å². The van der Waals surface area contributed by atoms with Crippen LogP contribution in [0.3, 0.4) is 0 Å². The Morgan fingerprint density at radius 2 is 1.96 bits per heavy atom. The average Bonchev–Trinajstić information content (AvgIpc) is 3.09. The van der Waals surface area contributed by atoms with Gasteiger partial charge in [0.25, 0.3) is 5.91 Å². The molecule has 2 aromatic heterocycles. The van der Waals surface area contributed by atoms with Crippen molar-refractivity contribution in [3.05, 3.63) is 47.9 Å². The normalized spacial score (nSPS) is 10.9. The van der Waals surface area contributed by atoms with Gasteiger partial charge in [-0.2, -0.15) is 5.10 Å². The molecule has 1 N–H and O–H groups in total. The van der Waals surface area contributed by atoms with Crippen LogP contribution >= 0.6 is 0 Å². The first-order chi connectivity index (χ1) is 12.0. The largest absolute Gasteiger partial charge is 0.497 e. The summed E-state index contributed by atoms with van der Waals surface area (Å²) in [6, 6.07) is 8.73. The zero-order valence-electron chi connectivity index (χ0n) is 14.6. The molecule has 0 unspecified atom stereocenters. The number of nitrogens with zero attached hydrogens (tertiary/aromatic N) is 3. The summed E-state index contributed by atoms with van der Waals surface area (Å²) in [6.45, 7) is 4.09. The first kappa shape index (κ1) is 16.8. The molecule has 0 fully saturated rings. The molecule has 7 nitrogen and oxygen atoms in total. The van der Waals surface area contributed by atoms with Crippen molar-refractivity contribution in [2.45, 2.75) is 19.8 Å².